The van der Waals surface area contributed by atoms with Gasteiger partial charge in [0.25, 0.3) is 0 Å². The summed E-state index contributed by atoms with van der Waals surface area (Å²) < 4.78 is 0. The molecular weight excluding hydrogens is 234 g/mol. The van der Waals surface area contributed by atoms with E-state index in [9.17, 15) is 0 Å². The molecular formula is C16H33N3. The molecule has 0 spiro atoms. The molecule has 2 unspecified atom stereocenters. The fourth-order valence-corrected chi connectivity index (χ4v) is 3.82. The topological polar surface area (TPSA) is 18.5 Å². The van der Waals surface area contributed by atoms with Crippen molar-refractivity contribution in [3.63, 3.8) is 0 Å². The zero-order valence-corrected chi connectivity index (χ0v) is 13.2. The van der Waals surface area contributed by atoms with E-state index in [4.69, 9.17) is 0 Å². The van der Waals surface area contributed by atoms with Crippen LogP contribution >= 0.6 is 0 Å². The Morgan fingerprint density at radius 2 is 1.84 bits per heavy atom. The van der Waals surface area contributed by atoms with Crippen LogP contribution in [-0.4, -0.2) is 61.7 Å². The average Bonchev–Trinajstić information content (AvgIpc) is 2.58. The third kappa shape index (κ3) is 4.17. The summed E-state index contributed by atoms with van der Waals surface area (Å²) in [4.78, 5) is 5.44. The molecule has 1 aliphatic heterocycles. The van der Waals surface area contributed by atoms with Gasteiger partial charge in [-0.25, -0.2) is 0 Å². The SMILES string of the molecule is CNCCC1CN(C)C(C)CCN1C1CCCCC1. The number of likely N-dealkylation sites (N-methyl/N-ethyl adjacent to an activating group) is 1. The molecule has 2 aliphatic rings. The second kappa shape index (κ2) is 7.61. The van der Waals surface area contributed by atoms with Gasteiger partial charge in [0, 0.05) is 31.2 Å². The Hall–Kier alpha value is -0.120. The Bertz CT molecular complexity index is 250. The summed E-state index contributed by atoms with van der Waals surface area (Å²) in [6.45, 7) is 6.10. The third-order valence-electron chi connectivity index (χ3n) is 5.30. The maximum atomic E-state index is 3.34. The van der Waals surface area contributed by atoms with Gasteiger partial charge in [-0.15, -0.1) is 0 Å². The van der Waals surface area contributed by atoms with Gasteiger partial charge in [0.1, 0.15) is 0 Å². The van der Waals surface area contributed by atoms with Crippen molar-refractivity contribution < 1.29 is 0 Å². The Kier molecular flexibility index (Phi) is 6.11. The predicted octanol–water partition coefficient (Wildman–Crippen LogP) is 2.32. The molecule has 0 aromatic carbocycles. The van der Waals surface area contributed by atoms with Crippen LogP contribution in [0.25, 0.3) is 0 Å². The van der Waals surface area contributed by atoms with Crippen molar-refractivity contribution in [1.82, 2.24) is 15.1 Å². The van der Waals surface area contributed by atoms with E-state index < -0.39 is 0 Å². The van der Waals surface area contributed by atoms with E-state index in [1.165, 1.54) is 58.0 Å². The molecule has 1 saturated heterocycles. The lowest BCUT2D eigenvalue weighted by molar-refractivity contribution is 0.0980. The maximum absolute atomic E-state index is 3.34. The molecule has 2 rings (SSSR count). The van der Waals surface area contributed by atoms with E-state index in [0.717, 1.165) is 24.7 Å². The first-order valence-corrected chi connectivity index (χ1v) is 8.33. The van der Waals surface area contributed by atoms with Crippen LogP contribution in [-0.2, 0) is 0 Å². The van der Waals surface area contributed by atoms with Gasteiger partial charge < -0.3 is 10.2 Å². The zero-order chi connectivity index (χ0) is 13.7. The molecule has 0 aromatic rings. The monoisotopic (exact) mass is 267 g/mol. The van der Waals surface area contributed by atoms with Crippen LogP contribution in [0.5, 0.6) is 0 Å². The van der Waals surface area contributed by atoms with E-state index in [1.807, 2.05) is 0 Å². The summed E-state index contributed by atoms with van der Waals surface area (Å²) in [6.07, 6.45) is 9.87. The minimum Gasteiger partial charge on any atom is -0.320 e. The first-order valence-electron chi connectivity index (χ1n) is 8.33. The minimum atomic E-state index is 0.741. The molecule has 1 heterocycles. The third-order valence-corrected chi connectivity index (χ3v) is 5.30. The van der Waals surface area contributed by atoms with Crippen molar-refractivity contribution in [2.75, 3.05) is 33.7 Å². The average molecular weight is 267 g/mol. The van der Waals surface area contributed by atoms with Crippen LogP contribution in [0, 0.1) is 0 Å². The molecule has 3 heteroatoms. The molecule has 2 fully saturated rings. The predicted molar refractivity (Wildman–Crippen MR) is 82.6 cm³/mol. The molecule has 0 aromatic heterocycles. The van der Waals surface area contributed by atoms with E-state index in [2.05, 4.69) is 36.1 Å². The lowest BCUT2D eigenvalue weighted by Crippen LogP contribution is -2.48. The molecule has 2 atom stereocenters. The molecule has 0 amide bonds. The van der Waals surface area contributed by atoms with Gasteiger partial charge in [-0.05, 0) is 53.2 Å². The first-order chi connectivity index (χ1) is 9.22. The lowest BCUT2D eigenvalue weighted by atomic mass is 9.92. The van der Waals surface area contributed by atoms with Crippen LogP contribution in [0.4, 0.5) is 0 Å². The molecule has 1 saturated carbocycles. The molecule has 1 aliphatic carbocycles. The molecule has 0 bridgehead atoms. The largest absolute Gasteiger partial charge is 0.320 e. The summed E-state index contributed by atoms with van der Waals surface area (Å²) in [6, 6.07) is 2.37. The van der Waals surface area contributed by atoms with Gasteiger partial charge in [0.15, 0.2) is 0 Å². The van der Waals surface area contributed by atoms with Crippen LogP contribution in [0.3, 0.4) is 0 Å². The highest BCUT2D eigenvalue weighted by Gasteiger charge is 2.31. The molecule has 19 heavy (non-hydrogen) atoms. The van der Waals surface area contributed by atoms with E-state index in [0.29, 0.717) is 0 Å². The second-order valence-electron chi connectivity index (χ2n) is 6.65. The van der Waals surface area contributed by atoms with Gasteiger partial charge in [-0.1, -0.05) is 19.3 Å². The molecule has 1 N–H and O–H groups in total. The van der Waals surface area contributed by atoms with Crippen molar-refractivity contribution in [2.24, 2.45) is 0 Å². The van der Waals surface area contributed by atoms with Gasteiger partial charge in [0.2, 0.25) is 0 Å². The van der Waals surface area contributed by atoms with Crippen molar-refractivity contribution in [3.8, 4) is 0 Å². The van der Waals surface area contributed by atoms with Crippen LogP contribution in [0.1, 0.15) is 51.9 Å². The van der Waals surface area contributed by atoms with Crippen molar-refractivity contribution in [3.05, 3.63) is 0 Å². The maximum Gasteiger partial charge on any atom is 0.0238 e. The Labute approximate surface area is 119 Å². The highest BCUT2D eigenvalue weighted by atomic mass is 15.3. The number of nitrogens with zero attached hydrogens (tertiary/aromatic N) is 2. The van der Waals surface area contributed by atoms with Crippen LogP contribution < -0.4 is 5.32 Å². The van der Waals surface area contributed by atoms with Crippen molar-refractivity contribution in [2.45, 2.75) is 70.0 Å². The van der Waals surface area contributed by atoms with Gasteiger partial charge in [-0.3, -0.25) is 4.90 Å². The second-order valence-corrected chi connectivity index (χ2v) is 6.65. The van der Waals surface area contributed by atoms with Crippen molar-refractivity contribution in [1.29, 1.82) is 0 Å². The lowest BCUT2D eigenvalue weighted by Gasteiger charge is -2.39. The molecule has 3 nitrogen and oxygen atoms in total. The summed E-state index contributed by atoms with van der Waals surface area (Å²) in [5, 5.41) is 3.34. The molecule has 112 valence electrons. The Balaban J connectivity index is 2.01. The zero-order valence-electron chi connectivity index (χ0n) is 13.2. The van der Waals surface area contributed by atoms with Crippen molar-refractivity contribution >= 4 is 0 Å². The van der Waals surface area contributed by atoms with Crippen LogP contribution in [0.2, 0.25) is 0 Å². The summed E-state index contributed by atoms with van der Waals surface area (Å²) in [5.74, 6) is 0. The molecule has 0 radical (unpaired) electrons. The normalized spacial score (nSPS) is 32.4. The first kappa shape index (κ1) is 15.3. The highest BCUT2D eigenvalue weighted by Crippen LogP contribution is 2.27. The Morgan fingerprint density at radius 1 is 1.11 bits per heavy atom. The fraction of sp³-hybridized carbons (Fsp3) is 1.00. The fourth-order valence-electron chi connectivity index (χ4n) is 3.82. The summed E-state index contributed by atoms with van der Waals surface area (Å²) in [7, 11) is 4.38. The number of rotatable bonds is 4. The standard InChI is InChI=1S/C16H33N3/c1-14-10-12-19(15-7-5-4-6-8-15)16(9-11-17-2)13-18(14)3/h14-17H,4-13H2,1-3H3. The summed E-state index contributed by atoms with van der Waals surface area (Å²) in [5.41, 5.74) is 0. The Morgan fingerprint density at radius 3 is 2.53 bits per heavy atom. The van der Waals surface area contributed by atoms with Gasteiger partial charge in [0.05, 0.1) is 0 Å². The quantitative estimate of drug-likeness (QED) is 0.843. The smallest absolute Gasteiger partial charge is 0.0238 e. The number of nitrogens with one attached hydrogen (secondary N) is 1. The van der Waals surface area contributed by atoms with Gasteiger partial charge in [-0.2, -0.15) is 0 Å². The number of hydrogen-bond donors (Lipinski definition) is 1. The summed E-state index contributed by atoms with van der Waals surface area (Å²) >= 11 is 0. The van der Waals surface area contributed by atoms with Gasteiger partial charge >= 0.3 is 0 Å². The van der Waals surface area contributed by atoms with E-state index in [-0.39, 0.29) is 0 Å². The highest BCUT2D eigenvalue weighted by molar-refractivity contribution is 4.88. The van der Waals surface area contributed by atoms with Crippen LogP contribution in [0.15, 0.2) is 0 Å². The van der Waals surface area contributed by atoms with E-state index >= 15 is 0 Å². The van der Waals surface area contributed by atoms with E-state index in [1.54, 1.807) is 0 Å². The number of hydrogen-bond acceptors (Lipinski definition) is 3. The minimum absolute atomic E-state index is 0.741.